The first kappa shape index (κ1) is 16.4. The van der Waals surface area contributed by atoms with Gasteiger partial charge in [-0.1, -0.05) is 41.4 Å². The Balaban J connectivity index is 1.93. The molecule has 0 aliphatic heterocycles. The van der Waals surface area contributed by atoms with E-state index in [1.165, 1.54) is 6.08 Å². The van der Waals surface area contributed by atoms with Gasteiger partial charge in [-0.3, -0.25) is 4.79 Å². The van der Waals surface area contributed by atoms with Gasteiger partial charge in [0.1, 0.15) is 5.75 Å². The van der Waals surface area contributed by atoms with Crippen molar-refractivity contribution in [1.82, 2.24) is 5.32 Å². The third kappa shape index (κ3) is 4.52. The van der Waals surface area contributed by atoms with Crippen LogP contribution in [-0.4, -0.2) is 13.0 Å². The highest BCUT2D eigenvalue weighted by Gasteiger charge is 2.03. The molecule has 0 bridgehead atoms. The molecule has 0 aliphatic carbocycles. The number of methoxy groups -OCH3 is 1. The van der Waals surface area contributed by atoms with E-state index in [9.17, 15) is 4.79 Å². The maximum absolute atomic E-state index is 11.8. The van der Waals surface area contributed by atoms with Crippen LogP contribution in [0.25, 0.3) is 6.08 Å². The van der Waals surface area contributed by atoms with Crippen LogP contribution in [0.3, 0.4) is 0 Å². The van der Waals surface area contributed by atoms with E-state index >= 15 is 0 Å². The minimum Gasteiger partial charge on any atom is -0.497 e. The molecule has 0 atom stereocenters. The predicted molar refractivity (Wildman–Crippen MR) is 90.3 cm³/mol. The van der Waals surface area contributed by atoms with Crippen LogP contribution in [-0.2, 0) is 11.3 Å². The number of rotatable bonds is 5. The molecule has 1 amide bonds. The summed E-state index contributed by atoms with van der Waals surface area (Å²) in [6.07, 6.45) is 3.02. The number of hydrogen-bond acceptors (Lipinski definition) is 2. The molecule has 0 fully saturated rings. The quantitative estimate of drug-likeness (QED) is 0.826. The van der Waals surface area contributed by atoms with Gasteiger partial charge >= 0.3 is 0 Å². The number of amides is 1. The van der Waals surface area contributed by atoms with E-state index in [1.54, 1.807) is 31.4 Å². The van der Waals surface area contributed by atoms with Crippen LogP contribution in [0.5, 0.6) is 5.75 Å². The second-order valence-corrected chi connectivity index (χ2v) is 5.35. The number of carbonyl (C=O) groups excluding carboxylic acids is 1. The molecule has 0 radical (unpaired) electrons. The van der Waals surface area contributed by atoms with Crippen molar-refractivity contribution in [2.45, 2.75) is 6.54 Å². The van der Waals surface area contributed by atoms with Crippen molar-refractivity contribution in [2.75, 3.05) is 7.11 Å². The summed E-state index contributed by atoms with van der Waals surface area (Å²) in [6, 6.07) is 12.7. The topological polar surface area (TPSA) is 38.3 Å². The lowest BCUT2D eigenvalue weighted by Gasteiger charge is -2.05. The van der Waals surface area contributed by atoms with Gasteiger partial charge in [0, 0.05) is 28.2 Å². The van der Waals surface area contributed by atoms with Crippen molar-refractivity contribution in [3.63, 3.8) is 0 Å². The summed E-state index contributed by atoms with van der Waals surface area (Å²) in [5.41, 5.74) is 1.61. The molecule has 0 saturated heterocycles. The maximum atomic E-state index is 11.8. The highest BCUT2D eigenvalue weighted by Crippen LogP contribution is 2.25. The summed E-state index contributed by atoms with van der Waals surface area (Å²) in [5, 5.41) is 3.81. The molecule has 0 saturated carbocycles. The lowest BCUT2D eigenvalue weighted by molar-refractivity contribution is -0.116. The minimum absolute atomic E-state index is 0.216. The van der Waals surface area contributed by atoms with Gasteiger partial charge in [-0.15, -0.1) is 0 Å². The van der Waals surface area contributed by atoms with E-state index < -0.39 is 0 Å². The highest BCUT2D eigenvalue weighted by molar-refractivity contribution is 6.37. The molecular formula is C17H15Cl2NO2. The van der Waals surface area contributed by atoms with Crippen molar-refractivity contribution < 1.29 is 9.53 Å². The van der Waals surface area contributed by atoms with Crippen molar-refractivity contribution in [1.29, 1.82) is 0 Å². The van der Waals surface area contributed by atoms with Crippen LogP contribution in [0.2, 0.25) is 10.0 Å². The van der Waals surface area contributed by atoms with Crippen LogP contribution in [0.4, 0.5) is 0 Å². The number of halogens is 2. The molecule has 3 nitrogen and oxygen atoms in total. The van der Waals surface area contributed by atoms with E-state index in [0.29, 0.717) is 22.2 Å². The number of carbonyl (C=O) groups is 1. The Bertz CT molecular complexity index is 661. The Hall–Kier alpha value is -1.97. The van der Waals surface area contributed by atoms with Gasteiger partial charge in [0.05, 0.1) is 7.11 Å². The van der Waals surface area contributed by atoms with Gasteiger partial charge in [-0.05, 0) is 35.9 Å². The zero-order valence-corrected chi connectivity index (χ0v) is 13.5. The Morgan fingerprint density at radius 1 is 1.14 bits per heavy atom. The summed E-state index contributed by atoms with van der Waals surface area (Å²) in [6.45, 7) is 0.434. The van der Waals surface area contributed by atoms with E-state index in [2.05, 4.69) is 5.32 Å². The summed E-state index contributed by atoms with van der Waals surface area (Å²) in [5.74, 6) is 0.565. The van der Waals surface area contributed by atoms with Crippen LogP contribution in [0.15, 0.2) is 48.5 Å². The van der Waals surface area contributed by atoms with Crippen molar-refractivity contribution in [3.05, 3.63) is 69.7 Å². The lowest BCUT2D eigenvalue weighted by atomic mass is 10.2. The maximum Gasteiger partial charge on any atom is 0.244 e. The largest absolute Gasteiger partial charge is 0.497 e. The Kier molecular flexibility index (Phi) is 5.87. The average molecular weight is 336 g/mol. The second kappa shape index (κ2) is 7.87. The molecule has 2 aromatic rings. The van der Waals surface area contributed by atoms with Gasteiger partial charge in [0.2, 0.25) is 5.91 Å². The molecular weight excluding hydrogens is 321 g/mol. The molecule has 2 aromatic carbocycles. The fraction of sp³-hybridized carbons (Fsp3) is 0.118. The summed E-state index contributed by atoms with van der Waals surface area (Å²) < 4.78 is 5.08. The first-order valence-corrected chi connectivity index (χ1v) is 7.38. The van der Waals surface area contributed by atoms with Crippen LogP contribution in [0, 0.1) is 0 Å². The molecule has 0 aromatic heterocycles. The van der Waals surface area contributed by atoms with Gasteiger partial charge < -0.3 is 10.1 Å². The fourth-order valence-corrected chi connectivity index (χ4v) is 2.34. The molecule has 2 rings (SSSR count). The summed E-state index contributed by atoms with van der Waals surface area (Å²) in [7, 11) is 1.61. The standard InChI is InChI=1S/C17H15Cl2NO2/c1-22-13-7-5-12(6-8-13)11-20-17(21)10-9-14-15(18)3-2-4-16(14)19/h2-10H,11H2,1H3,(H,20,21)/b10-9+. The van der Waals surface area contributed by atoms with E-state index in [0.717, 1.165) is 11.3 Å². The Morgan fingerprint density at radius 2 is 1.77 bits per heavy atom. The second-order valence-electron chi connectivity index (χ2n) is 4.53. The molecule has 0 aliphatic rings. The smallest absolute Gasteiger partial charge is 0.244 e. The summed E-state index contributed by atoms with van der Waals surface area (Å²) in [4.78, 5) is 11.8. The monoisotopic (exact) mass is 335 g/mol. The third-order valence-corrected chi connectivity index (χ3v) is 3.69. The van der Waals surface area contributed by atoms with E-state index in [-0.39, 0.29) is 5.91 Å². The van der Waals surface area contributed by atoms with Crippen molar-refractivity contribution >= 4 is 35.2 Å². The SMILES string of the molecule is COc1ccc(CNC(=O)/C=C/c2c(Cl)cccc2Cl)cc1. The predicted octanol–water partition coefficient (Wildman–Crippen LogP) is 4.33. The molecule has 0 spiro atoms. The lowest BCUT2D eigenvalue weighted by Crippen LogP contribution is -2.20. The van der Waals surface area contributed by atoms with Gasteiger partial charge in [-0.2, -0.15) is 0 Å². The normalized spacial score (nSPS) is 10.7. The van der Waals surface area contributed by atoms with Gasteiger partial charge in [-0.25, -0.2) is 0 Å². The van der Waals surface area contributed by atoms with Crippen molar-refractivity contribution in [2.24, 2.45) is 0 Å². The summed E-state index contributed by atoms with van der Waals surface area (Å²) >= 11 is 12.1. The molecule has 0 heterocycles. The van der Waals surface area contributed by atoms with Gasteiger partial charge in [0.25, 0.3) is 0 Å². The number of hydrogen-bond donors (Lipinski definition) is 1. The molecule has 1 N–H and O–H groups in total. The number of ether oxygens (including phenoxy) is 1. The van der Waals surface area contributed by atoms with E-state index in [1.807, 2.05) is 24.3 Å². The fourth-order valence-electron chi connectivity index (χ4n) is 1.82. The van der Waals surface area contributed by atoms with Gasteiger partial charge in [0.15, 0.2) is 0 Å². The number of benzene rings is 2. The minimum atomic E-state index is -0.216. The highest BCUT2D eigenvalue weighted by atomic mass is 35.5. The van der Waals surface area contributed by atoms with Crippen LogP contribution < -0.4 is 10.1 Å². The Morgan fingerprint density at radius 3 is 2.36 bits per heavy atom. The molecule has 114 valence electrons. The van der Waals surface area contributed by atoms with Crippen LogP contribution >= 0.6 is 23.2 Å². The Labute approximate surface area is 139 Å². The zero-order valence-electron chi connectivity index (χ0n) is 12.0. The van der Waals surface area contributed by atoms with Crippen LogP contribution in [0.1, 0.15) is 11.1 Å². The molecule has 22 heavy (non-hydrogen) atoms. The molecule has 5 heteroatoms. The first-order valence-electron chi connectivity index (χ1n) is 6.63. The van der Waals surface area contributed by atoms with E-state index in [4.69, 9.17) is 27.9 Å². The van der Waals surface area contributed by atoms with Crippen molar-refractivity contribution in [3.8, 4) is 5.75 Å². The number of nitrogens with one attached hydrogen (secondary N) is 1. The zero-order chi connectivity index (χ0) is 15.9. The molecule has 0 unspecified atom stereocenters. The average Bonchev–Trinajstić information content (AvgIpc) is 2.53. The third-order valence-electron chi connectivity index (χ3n) is 3.03. The first-order chi connectivity index (χ1) is 10.6.